The first-order valence-corrected chi connectivity index (χ1v) is 29.2. The molecular weight excluding hydrogens is 1220 g/mol. The van der Waals surface area contributed by atoms with Crippen LogP contribution >= 0.6 is 0 Å². The highest BCUT2D eigenvalue weighted by Gasteiger charge is 2.11. The number of ether oxygens (including phenoxy) is 1. The summed E-state index contributed by atoms with van der Waals surface area (Å²) in [5.41, 5.74) is 25.4. The molecule has 0 aliphatic carbocycles. The zero-order valence-corrected chi connectivity index (χ0v) is 67.5. The van der Waals surface area contributed by atoms with Crippen LogP contribution in [0, 0.1) is 23.7 Å². The van der Waals surface area contributed by atoms with E-state index in [9.17, 15) is 4.79 Å². The van der Waals surface area contributed by atoms with Crippen molar-refractivity contribution < 1.29 is 67.4 Å². The van der Waals surface area contributed by atoms with Gasteiger partial charge in [-0.25, -0.2) is 0 Å². The van der Waals surface area contributed by atoms with Gasteiger partial charge < -0.3 is 133 Å². The maximum atomic E-state index is 10.7. The Balaban J connectivity index is -0.0000000181. The van der Waals surface area contributed by atoms with E-state index in [1.165, 1.54) is 84.9 Å². The van der Waals surface area contributed by atoms with E-state index in [1.807, 2.05) is 112 Å². The summed E-state index contributed by atoms with van der Waals surface area (Å²) in [6.07, 6.45) is 9.71. The predicted molar refractivity (Wildman–Crippen MR) is 423 cm³/mol. The van der Waals surface area contributed by atoms with E-state index in [0.717, 1.165) is 56.2 Å². The highest BCUT2D eigenvalue weighted by atomic mass is 16.5. The predicted octanol–water partition coefficient (Wildman–Crippen LogP) is 13.4. The number of hydrogen-bond donors (Lipinski definition) is 12. The molecule has 1 aliphatic heterocycles. The molecule has 0 saturated carbocycles. The van der Waals surface area contributed by atoms with Gasteiger partial charge in [0.25, 0.3) is 0 Å². The lowest BCUT2D eigenvalue weighted by Gasteiger charge is -2.24. The Morgan fingerprint density at radius 3 is 0.621 bits per heavy atom. The third-order valence-electron chi connectivity index (χ3n) is 7.33. The first-order valence-electron chi connectivity index (χ1n) is 29.2. The van der Waals surface area contributed by atoms with Crippen LogP contribution < -0.4 is 65.6 Å². The summed E-state index contributed by atoms with van der Waals surface area (Å²) in [6.45, 7) is 72.8. The fraction of sp³-hybridized carbons (Fsp3) is 0.652. The highest BCUT2D eigenvalue weighted by Crippen LogP contribution is 2.08. The summed E-state index contributed by atoms with van der Waals surface area (Å²) in [6, 6.07) is 20.9. The summed E-state index contributed by atoms with van der Waals surface area (Å²) in [4.78, 5) is 101. The zero-order valence-electron chi connectivity index (χ0n) is 67.5. The smallest absolute Gasteiger partial charge is 0.219 e. The summed E-state index contributed by atoms with van der Waals surface area (Å²) < 4.78 is 5.23. The van der Waals surface area contributed by atoms with Crippen LogP contribution in [0.2, 0.25) is 0 Å². The minimum Gasteiger partial charge on any atom is -0.394 e. The Labute approximate surface area is 589 Å². The molecule has 95 heavy (non-hydrogen) atoms. The lowest BCUT2D eigenvalue weighted by molar-refractivity contribution is -0.129. The topological polar surface area (TPSA) is 578 Å². The molecule has 0 bridgehead atoms. The summed E-state index contributed by atoms with van der Waals surface area (Å²) >= 11 is 0. The second kappa shape index (κ2) is 278. The van der Waals surface area contributed by atoms with Crippen LogP contribution in [-0.2, 0) is 75.1 Å². The molecule has 0 radical (unpaired) electrons. The van der Waals surface area contributed by atoms with Gasteiger partial charge in [0.05, 0.1) is 5.60 Å². The van der Waals surface area contributed by atoms with Gasteiger partial charge in [0, 0.05) is 32.7 Å². The van der Waals surface area contributed by atoms with Gasteiger partial charge in [-0.3, -0.25) is 4.79 Å². The standard InChI is InChI=1S/2C8H10.C7H13NO.C6H14O.3C5H12.C4H10.C3H8O.C2H6.5CH5N.11CH2O.6H3N/c2*1-2-8-6-4-3-5-7-8;1-7(9)8-5-3-2-4-6-8;1-5-7-6(2,3)4;3*1-4-5(2)3;1-4(2)3;1-3(2)4;17*1-2;;;;;;/h2*3-7H,2H2,1H3;2-6H2,1H3;5H2,1-4H3;3*5H,4H2,1-3H3;4H,1-3H3;3-4H,1-2H3;1-2H3;5*2H2,1H3;11*1H2;6*1H3. The average Bonchev–Trinajstić information content (AvgIpc) is 3.61. The largest absolute Gasteiger partial charge is 0.394 e. The maximum absolute atomic E-state index is 10.7. The molecule has 29 N–H and O–H groups in total. The fourth-order valence-corrected chi connectivity index (χ4v) is 3.07. The number of nitrogens with two attached hydrogens (primary N) is 5. The lowest BCUT2D eigenvalue weighted by atomic mass is 10.1. The fourth-order valence-electron chi connectivity index (χ4n) is 3.07. The minimum absolute atomic E-state index is 0. The van der Waals surface area contributed by atoms with Crippen molar-refractivity contribution in [3.8, 4) is 0 Å². The van der Waals surface area contributed by atoms with Crippen LogP contribution in [0.5, 0.6) is 0 Å². The first kappa shape index (κ1) is 191. The van der Waals surface area contributed by atoms with Crippen LogP contribution in [0.25, 0.3) is 0 Å². The summed E-state index contributed by atoms with van der Waals surface area (Å²) in [7, 11) is 7.50. The molecule has 2 aromatic rings. The number of amides is 1. The summed E-state index contributed by atoms with van der Waals surface area (Å²) in [5, 5.41) is 8.06. The second-order valence-electron chi connectivity index (χ2n) is 17.0. The van der Waals surface area contributed by atoms with E-state index in [0.29, 0.717) is 0 Å². The number of carbonyl (C=O) groups is 12. The molecule has 3 rings (SSSR count). The van der Waals surface area contributed by atoms with Gasteiger partial charge >= 0.3 is 0 Å². The Morgan fingerprint density at radius 1 is 0.411 bits per heavy atom. The van der Waals surface area contributed by atoms with E-state index < -0.39 is 0 Å². The van der Waals surface area contributed by atoms with Crippen molar-refractivity contribution in [2.45, 2.75) is 222 Å². The van der Waals surface area contributed by atoms with Gasteiger partial charge in [0.15, 0.2) is 0 Å². The van der Waals surface area contributed by atoms with Crippen molar-refractivity contribution in [1.82, 2.24) is 41.8 Å². The Bertz CT molecular complexity index is 1090. The molecule has 1 heterocycles. The van der Waals surface area contributed by atoms with Crippen molar-refractivity contribution in [2.24, 2.45) is 52.3 Å². The van der Waals surface area contributed by atoms with E-state index in [4.69, 9.17) is 62.6 Å². The molecule has 0 aromatic heterocycles. The number of rotatable bonds is 6. The number of piperidine rings is 1. The first-order chi connectivity index (χ1) is 42.5. The van der Waals surface area contributed by atoms with Gasteiger partial charge in [-0.15, -0.1) is 0 Å². The molecule has 26 heteroatoms. The third-order valence-corrected chi connectivity index (χ3v) is 7.33. The van der Waals surface area contributed by atoms with Crippen molar-refractivity contribution in [3.63, 3.8) is 0 Å². The number of nitrogens with zero attached hydrogens (tertiary/aromatic N) is 1. The van der Waals surface area contributed by atoms with Crippen LogP contribution in [0.3, 0.4) is 0 Å². The Kier molecular flexibility index (Phi) is 560. The van der Waals surface area contributed by atoms with Gasteiger partial charge in [0.2, 0.25) is 5.91 Å². The third kappa shape index (κ3) is 505. The van der Waals surface area contributed by atoms with Gasteiger partial charge in [-0.2, -0.15) is 0 Å². The summed E-state index contributed by atoms with van der Waals surface area (Å²) in [5.74, 6) is 3.72. The highest BCUT2D eigenvalue weighted by molar-refractivity contribution is 5.73. The number of likely N-dealkylation sites (tertiary alicyclic amines) is 1. The number of hydrogen-bond acceptors (Lipinski definition) is 25. The van der Waals surface area contributed by atoms with Crippen LogP contribution in [0.4, 0.5) is 0 Å². The number of benzene rings is 2. The lowest BCUT2D eigenvalue weighted by Crippen LogP contribution is -2.33. The molecule has 0 unspecified atom stereocenters. The van der Waals surface area contributed by atoms with Crippen molar-refractivity contribution in [3.05, 3.63) is 71.8 Å². The monoisotopic (exact) mass is 1390 g/mol. The van der Waals surface area contributed by atoms with Gasteiger partial charge in [-0.1, -0.05) is 191 Å². The van der Waals surface area contributed by atoms with E-state index in [2.05, 4.69) is 195 Å². The molecule has 1 aliphatic rings. The van der Waals surface area contributed by atoms with Gasteiger partial charge in [0.1, 0.15) is 74.7 Å². The molecular formula is C69H172N12O14. The van der Waals surface area contributed by atoms with Crippen LogP contribution in [0.15, 0.2) is 60.7 Å². The molecule has 1 amide bonds. The Morgan fingerprint density at radius 2 is 0.558 bits per heavy atom. The number of aryl methyl sites for hydroxylation is 2. The van der Waals surface area contributed by atoms with Crippen LogP contribution in [0.1, 0.15) is 209 Å². The number of aliphatic hydroxyl groups excluding tert-OH is 1. The minimum atomic E-state index is -0.167. The quantitative estimate of drug-likeness (QED) is 0.128. The van der Waals surface area contributed by atoms with Gasteiger partial charge in [-0.05, 0) is 144 Å². The molecule has 0 atom stereocenters. The zero-order chi connectivity index (χ0) is 78.3. The molecule has 1 saturated heterocycles. The van der Waals surface area contributed by atoms with Crippen LogP contribution in [-0.4, -0.2) is 157 Å². The second-order valence-corrected chi connectivity index (χ2v) is 17.0. The maximum Gasteiger partial charge on any atom is 0.219 e. The van der Waals surface area contributed by atoms with E-state index in [-0.39, 0.29) is 54.5 Å². The molecule has 26 nitrogen and oxygen atoms in total. The van der Waals surface area contributed by atoms with E-state index >= 15 is 0 Å². The number of carbonyl (C=O) groups excluding carboxylic acids is 12. The molecule has 592 valence electrons. The molecule has 1 fully saturated rings. The number of aliphatic hydroxyl groups is 1. The average molecular weight is 1390 g/mol. The molecule has 0 spiro atoms. The van der Waals surface area contributed by atoms with Crippen molar-refractivity contribution in [1.29, 1.82) is 0 Å². The van der Waals surface area contributed by atoms with Crippen molar-refractivity contribution >= 4 is 80.6 Å². The normalized spacial score (nSPS) is 7.42. The SMILES string of the molecule is C=O.C=O.C=O.C=O.C=O.C=O.C=O.C=O.C=O.C=O.C=O.CC.CC(=O)N1CCCCC1.CC(C)C.CC(C)O.CCC(C)C.CCC(C)C.CCC(C)C.CCOC(C)(C)C.CCc1ccccc1.CCc1ccccc1.CN.CN.CN.CN.CN.N.N.N.N.N.N. The van der Waals surface area contributed by atoms with E-state index in [1.54, 1.807) is 20.8 Å². The molecule has 2 aromatic carbocycles. The van der Waals surface area contributed by atoms with Crippen molar-refractivity contribution in [2.75, 3.05) is 54.9 Å². The Hall–Kier alpha value is -6.24.